The highest BCUT2D eigenvalue weighted by atomic mass is 16.5. The minimum Gasteiger partial charge on any atom is -0.377 e. The standard InChI is InChI=1S/C18H25NO/c1-4-12-19-18(14(3)20-5-2)17-11-10-15-8-6-7-9-16(15)13-17/h6-11,13-14,18-19H,4-5,12H2,1-3H3. The van der Waals surface area contributed by atoms with Gasteiger partial charge in [-0.1, -0.05) is 43.3 Å². The Morgan fingerprint density at radius 1 is 1.05 bits per heavy atom. The molecule has 0 amide bonds. The quantitative estimate of drug-likeness (QED) is 0.810. The van der Waals surface area contributed by atoms with Crippen molar-refractivity contribution in [3.8, 4) is 0 Å². The molecular formula is C18H25NO. The summed E-state index contributed by atoms with van der Waals surface area (Å²) in [7, 11) is 0. The minimum atomic E-state index is 0.174. The number of hydrogen-bond donors (Lipinski definition) is 1. The summed E-state index contributed by atoms with van der Waals surface area (Å²) in [4.78, 5) is 0. The summed E-state index contributed by atoms with van der Waals surface area (Å²) in [6.07, 6.45) is 1.30. The fourth-order valence-electron chi connectivity index (χ4n) is 2.62. The molecule has 0 saturated heterocycles. The molecule has 0 aliphatic rings. The van der Waals surface area contributed by atoms with Crippen LogP contribution in [0.25, 0.3) is 10.8 Å². The molecule has 0 radical (unpaired) electrons. The maximum Gasteiger partial charge on any atom is 0.0741 e. The number of benzene rings is 2. The fraction of sp³-hybridized carbons (Fsp3) is 0.444. The third-order valence-electron chi connectivity index (χ3n) is 3.65. The lowest BCUT2D eigenvalue weighted by molar-refractivity contribution is 0.0473. The zero-order valence-corrected chi connectivity index (χ0v) is 12.7. The summed E-state index contributed by atoms with van der Waals surface area (Å²) in [5.41, 5.74) is 1.30. The van der Waals surface area contributed by atoms with E-state index in [9.17, 15) is 0 Å². The molecule has 1 N–H and O–H groups in total. The molecule has 0 saturated carbocycles. The van der Waals surface area contributed by atoms with Crippen LogP contribution in [0.3, 0.4) is 0 Å². The van der Waals surface area contributed by atoms with Crippen LogP contribution in [-0.2, 0) is 4.74 Å². The van der Waals surface area contributed by atoms with Crippen LogP contribution in [0.1, 0.15) is 38.8 Å². The van der Waals surface area contributed by atoms with E-state index in [1.807, 2.05) is 6.92 Å². The van der Waals surface area contributed by atoms with E-state index in [4.69, 9.17) is 4.74 Å². The van der Waals surface area contributed by atoms with Gasteiger partial charge in [0.25, 0.3) is 0 Å². The first kappa shape index (κ1) is 15.0. The van der Waals surface area contributed by atoms with Gasteiger partial charge in [-0.25, -0.2) is 0 Å². The van der Waals surface area contributed by atoms with Gasteiger partial charge in [-0.3, -0.25) is 0 Å². The third kappa shape index (κ3) is 3.59. The molecule has 0 heterocycles. The summed E-state index contributed by atoms with van der Waals surface area (Å²) < 4.78 is 5.81. The molecule has 108 valence electrons. The second-order valence-corrected chi connectivity index (χ2v) is 5.20. The Balaban J connectivity index is 2.29. The van der Waals surface area contributed by atoms with Crippen molar-refractivity contribution in [1.82, 2.24) is 5.32 Å². The predicted molar refractivity (Wildman–Crippen MR) is 86.1 cm³/mol. The zero-order valence-electron chi connectivity index (χ0n) is 12.7. The van der Waals surface area contributed by atoms with Crippen LogP contribution in [0, 0.1) is 0 Å². The Morgan fingerprint density at radius 3 is 2.50 bits per heavy atom. The van der Waals surface area contributed by atoms with E-state index in [0.29, 0.717) is 0 Å². The van der Waals surface area contributed by atoms with Crippen LogP contribution >= 0.6 is 0 Å². The Labute approximate surface area is 122 Å². The first-order chi connectivity index (χ1) is 9.76. The van der Waals surface area contributed by atoms with E-state index in [1.54, 1.807) is 0 Å². The number of ether oxygens (including phenoxy) is 1. The molecule has 2 unspecified atom stereocenters. The van der Waals surface area contributed by atoms with Crippen molar-refractivity contribution >= 4 is 10.8 Å². The minimum absolute atomic E-state index is 0.174. The van der Waals surface area contributed by atoms with Gasteiger partial charge < -0.3 is 10.1 Å². The number of hydrogen-bond acceptors (Lipinski definition) is 2. The normalized spacial score (nSPS) is 14.3. The zero-order chi connectivity index (χ0) is 14.4. The van der Waals surface area contributed by atoms with Crippen LogP contribution in [0.2, 0.25) is 0 Å². The lowest BCUT2D eigenvalue weighted by Crippen LogP contribution is -2.32. The van der Waals surface area contributed by atoms with Gasteiger partial charge in [0, 0.05) is 6.61 Å². The van der Waals surface area contributed by atoms with Crippen LogP contribution in [0.5, 0.6) is 0 Å². The Morgan fingerprint density at radius 2 is 1.80 bits per heavy atom. The number of rotatable bonds is 7. The maximum atomic E-state index is 5.81. The van der Waals surface area contributed by atoms with Crippen molar-refractivity contribution in [2.75, 3.05) is 13.2 Å². The van der Waals surface area contributed by atoms with E-state index in [2.05, 4.69) is 61.6 Å². The largest absolute Gasteiger partial charge is 0.377 e. The molecule has 2 aromatic carbocycles. The van der Waals surface area contributed by atoms with E-state index >= 15 is 0 Å². The van der Waals surface area contributed by atoms with Crippen molar-refractivity contribution in [3.05, 3.63) is 48.0 Å². The van der Waals surface area contributed by atoms with Gasteiger partial charge >= 0.3 is 0 Å². The van der Waals surface area contributed by atoms with E-state index in [1.165, 1.54) is 16.3 Å². The van der Waals surface area contributed by atoms with Gasteiger partial charge in [0.15, 0.2) is 0 Å². The van der Waals surface area contributed by atoms with Crippen molar-refractivity contribution in [2.24, 2.45) is 0 Å². The molecule has 0 aromatic heterocycles. The molecule has 2 nitrogen and oxygen atoms in total. The smallest absolute Gasteiger partial charge is 0.0741 e. The summed E-state index contributed by atoms with van der Waals surface area (Å²) in [6, 6.07) is 15.4. The van der Waals surface area contributed by atoms with Gasteiger partial charge in [-0.2, -0.15) is 0 Å². The lowest BCUT2D eigenvalue weighted by Gasteiger charge is -2.26. The highest BCUT2D eigenvalue weighted by molar-refractivity contribution is 5.83. The predicted octanol–water partition coefficient (Wildman–Crippen LogP) is 4.31. The lowest BCUT2D eigenvalue weighted by atomic mass is 9.98. The first-order valence-electron chi connectivity index (χ1n) is 7.60. The monoisotopic (exact) mass is 271 g/mol. The maximum absolute atomic E-state index is 5.81. The molecule has 0 aliphatic carbocycles. The van der Waals surface area contributed by atoms with Gasteiger partial charge in [0.2, 0.25) is 0 Å². The molecule has 0 spiro atoms. The van der Waals surface area contributed by atoms with E-state index in [0.717, 1.165) is 19.6 Å². The topological polar surface area (TPSA) is 21.3 Å². The van der Waals surface area contributed by atoms with Crippen molar-refractivity contribution in [3.63, 3.8) is 0 Å². The van der Waals surface area contributed by atoms with Crippen LogP contribution < -0.4 is 5.32 Å². The molecule has 2 atom stereocenters. The molecule has 2 rings (SSSR count). The highest BCUT2D eigenvalue weighted by Gasteiger charge is 2.19. The molecular weight excluding hydrogens is 246 g/mol. The fourth-order valence-corrected chi connectivity index (χ4v) is 2.62. The average molecular weight is 271 g/mol. The van der Waals surface area contributed by atoms with Gasteiger partial charge in [-0.05, 0) is 49.2 Å². The Bertz CT molecular complexity index is 538. The Kier molecular flexibility index (Phi) is 5.57. The van der Waals surface area contributed by atoms with Crippen LogP contribution in [0.15, 0.2) is 42.5 Å². The Hall–Kier alpha value is -1.38. The van der Waals surface area contributed by atoms with Gasteiger partial charge in [0.1, 0.15) is 0 Å². The molecule has 2 heteroatoms. The average Bonchev–Trinajstić information content (AvgIpc) is 2.48. The number of nitrogens with one attached hydrogen (secondary N) is 1. The van der Waals surface area contributed by atoms with E-state index in [-0.39, 0.29) is 12.1 Å². The second-order valence-electron chi connectivity index (χ2n) is 5.20. The molecule has 0 fully saturated rings. The summed E-state index contributed by atoms with van der Waals surface area (Å²) >= 11 is 0. The molecule has 0 bridgehead atoms. The van der Waals surface area contributed by atoms with Gasteiger partial charge in [0.05, 0.1) is 12.1 Å². The highest BCUT2D eigenvalue weighted by Crippen LogP contribution is 2.24. The van der Waals surface area contributed by atoms with E-state index < -0.39 is 0 Å². The van der Waals surface area contributed by atoms with Crippen LogP contribution in [0.4, 0.5) is 0 Å². The van der Waals surface area contributed by atoms with Crippen molar-refractivity contribution in [2.45, 2.75) is 39.3 Å². The SMILES string of the molecule is CCCNC(c1ccc2ccccc2c1)C(C)OCC. The number of fused-ring (bicyclic) bond motifs is 1. The second kappa shape index (κ2) is 7.41. The van der Waals surface area contributed by atoms with Crippen molar-refractivity contribution < 1.29 is 4.74 Å². The summed E-state index contributed by atoms with van der Waals surface area (Å²) in [5, 5.41) is 6.19. The van der Waals surface area contributed by atoms with Crippen molar-refractivity contribution in [1.29, 1.82) is 0 Å². The molecule has 0 aliphatic heterocycles. The van der Waals surface area contributed by atoms with Crippen LogP contribution in [-0.4, -0.2) is 19.3 Å². The molecule has 2 aromatic rings. The summed E-state index contributed by atoms with van der Waals surface area (Å²) in [5.74, 6) is 0. The molecule has 20 heavy (non-hydrogen) atoms. The summed E-state index contributed by atoms with van der Waals surface area (Å²) in [6.45, 7) is 8.14. The van der Waals surface area contributed by atoms with Gasteiger partial charge in [-0.15, -0.1) is 0 Å². The third-order valence-corrected chi connectivity index (χ3v) is 3.65. The first-order valence-corrected chi connectivity index (χ1v) is 7.60.